The molecular formula is C2H4FPS. The molecule has 0 saturated heterocycles. The summed E-state index contributed by atoms with van der Waals surface area (Å²) in [6.07, 6.45) is 0. The first kappa shape index (κ1) is 5.45. The second-order valence-corrected chi connectivity index (χ2v) is 2.18. The second kappa shape index (κ2) is 2.67. The van der Waals surface area contributed by atoms with Gasteiger partial charge >= 0.3 is 0 Å². The van der Waals surface area contributed by atoms with Crippen molar-refractivity contribution in [2.75, 3.05) is 6.66 Å². The summed E-state index contributed by atoms with van der Waals surface area (Å²) < 4.78 is 11.2. The molecule has 0 radical (unpaired) electrons. The van der Waals surface area contributed by atoms with E-state index in [1.165, 1.54) is 0 Å². The van der Waals surface area contributed by atoms with Crippen molar-refractivity contribution >= 4 is 25.7 Å². The molecule has 0 aromatic heterocycles. The molecule has 0 heterocycles. The summed E-state index contributed by atoms with van der Waals surface area (Å²) in [4.78, 5) is -0.384. The zero-order valence-corrected chi connectivity index (χ0v) is 4.60. The Balaban J connectivity index is 2.85. The number of halogens is 1. The maximum atomic E-state index is 11.2. The molecule has 5 heavy (non-hydrogen) atoms. The lowest BCUT2D eigenvalue weighted by atomic mass is 11.8. The Hall–Kier alpha value is 0.450. The molecule has 0 aliphatic rings. The summed E-state index contributed by atoms with van der Waals surface area (Å²) in [6.45, 7) is 1.71. The SMILES string of the molecule is CPC(F)=S. The average molecular weight is 110 g/mol. The van der Waals surface area contributed by atoms with Crippen LogP contribution in [0.4, 0.5) is 4.39 Å². The average Bonchev–Trinajstić information content (AvgIpc) is 1.38. The fourth-order valence-corrected chi connectivity index (χ4v) is 0. The first-order chi connectivity index (χ1) is 2.27. The summed E-state index contributed by atoms with van der Waals surface area (Å²) in [5.41, 5.74) is 0. The standard InChI is InChI=1S/C2H4FPS/c1-4-2(3)5/h4H,1H3. The summed E-state index contributed by atoms with van der Waals surface area (Å²) in [5, 5.41) is 0. The molecule has 0 aliphatic carbocycles. The van der Waals surface area contributed by atoms with E-state index in [0.29, 0.717) is 0 Å². The van der Waals surface area contributed by atoms with Crippen molar-refractivity contribution in [2.45, 2.75) is 0 Å². The van der Waals surface area contributed by atoms with E-state index in [-0.39, 0.29) is 13.4 Å². The Morgan fingerprint density at radius 2 is 2.20 bits per heavy atom. The highest BCUT2D eigenvalue weighted by Gasteiger charge is 1.76. The Morgan fingerprint density at radius 3 is 2.20 bits per heavy atom. The molecule has 0 amide bonds. The van der Waals surface area contributed by atoms with Crippen molar-refractivity contribution in [1.82, 2.24) is 0 Å². The lowest BCUT2D eigenvalue weighted by Crippen LogP contribution is -1.58. The molecule has 30 valence electrons. The maximum Gasteiger partial charge on any atom is 0.181 e. The van der Waals surface area contributed by atoms with Crippen molar-refractivity contribution in [2.24, 2.45) is 0 Å². The molecule has 0 saturated carbocycles. The fraction of sp³-hybridized carbons (Fsp3) is 0.500. The lowest BCUT2D eigenvalue weighted by Gasteiger charge is -1.71. The van der Waals surface area contributed by atoms with E-state index in [0.717, 1.165) is 0 Å². The Labute approximate surface area is 37.5 Å². The van der Waals surface area contributed by atoms with Gasteiger partial charge in [0.1, 0.15) is 0 Å². The molecule has 0 aromatic rings. The van der Waals surface area contributed by atoms with Gasteiger partial charge in [-0.3, -0.25) is 0 Å². The maximum absolute atomic E-state index is 11.2. The highest BCUT2D eigenvalue weighted by Crippen LogP contribution is 2.05. The summed E-state index contributed by atoms with van der Waals surface area (Å²) in [6, 6.07) is 0. The predicted octanol–water partition coefficient (Wildman–Crippen LogP) is 1.55. The third-order valence-corrected chi connectivity index (χ3v) is 1.20. The van der Waals surface area contributed by atoms with Crippen LogP contribution in [0.15, 0.2) is 0 Å². The van der Waals surface area contributed by atoms with Gasteiger partial charge in [0.05, 0.1) is 0 Å². The quantitative estimate of drug-likeness (QED) is 0.280. The summed E-state index contributed by atoms with van der Waals surface area (Å²) in [5.74, 6) is 0. The molecular weight excluding hydrogens is 106 g/mol. The van der Waals surface area contributed by atoms with Gasteiger partial charge in [-0.05, 0) is 27.5 Å². The van der Waals surface area contributed by atoms with Crippen molar-refractivity contribution in [1.29, 1.82) is 0 Å². The van der Waals surface area contributed by atoms with Crippen molar-refractivity contribution in [3.05, 3.63) is 0 Å². The number of hydrogen-bond donors (Lipinski definition) is 0. The van der Waals surface area contributed by atoms with Crippen LogP contribution in [0, 0.1) is 0 Å². The first-order valence-electron chi connectivity index (χ1n) is 1.14. The Morgan fingerprint density at radius 1 is 2.00 bits per heavy atom. The third kappa shape index (κ3) is 4.45. The van der Waals surface area contributed by atoms with Crippen LogP contribution in [-0.2, 0) is 0 Å². The van der Waals surface area contributed by atoms with Crippen LogP contribution in [0.5, 0.6) is 0 Å². The van der Waals surface area contributed by atoms with E-state index in [9.17, 15) is 4.39 Å². The highest BCUT2D eigenvalue weighted by molar-refractivity contribution is 7.92. The first-order valence-corrected chi connectivity index (χ1v) is 3.05. The second-order valence-electron chi connectivity index (χ2n) is 0.524. The van der Waals surface area contributed by atoms with Crippen LogP contribution in [0.3, 0.4) is 0 Å². The van der Waals surface area contributed by atoms with Gasteiger partial charge in [0.15, 0.2) is 4.86 Å². The van der Waals surface area contributed by atoms with Gasteiger partial charge < -0.3 is 0 Å². The number of rotatable bonds is 1. The lowest BCUT2D eigenvalue weighted by molar-refractivity contribution is 0.852. The van der Waals surface area contributed by atoms with E-state index in [1.807, 2.05) is 0 Å². The zero-order chi connectivity index (χ0) is 4.28. The highest BCUT2D eigenvalue weighted by atomic mass is 32.1. The van der Waals surface area contributed by atoms with Crippen molar-refractivity contribution < 1.29 is 4.39 Å². The van der Waals surface area contributed by atoms with E-state index in [2.05, 4.69) is 12.2 Å². The van der Waals surface area contributed by atoms with Gasteiger partial charge in [-0.1, -0.05) is 0 Å². The van der Waals surface area contributed by atoms with Crippen LogP contribution in [0.2, 0.25) is 0 Å². The molecule has 0 aromatic carbocycles. The van der Waals surface area contributed by atoms with Crippen LogP contribution < -0.4 is 0 Å². The topological polar surface area (TPSA) is 0 Å². The van der Waals surface area contributed by atoms with Gasteiger partial charge in [-0.15, -0.1) is 0 Å². The van der Waals surface area contributed by atoms with Gasteiger partial charge in [-0.25, -0.2) is 0 Å². The molecule has 1 unspecified atom stereocenters. The molecule has 3 heteroatoms. The van der Waals surface area contributed by atoms with E-state index in [1.54, 1.807) is 6.66 Å². The van der Waals surface area contributed by atoms with Crippen LogP contribution >= 0.6 is 20.8 Å². The summed E-state index contributed by atoms with van der Waals surface area (Å²) >= 11 is 4.04. The molecule has 0 rings (SSSR count). The minimum Gasteiger partial charge on any atom is -0.194 e. The minimum absolute atomic E-state index is 0.179. The zero-order valence-electron chi connectivity index (χ0n) is 2.79. The van der Waals surface area contributed by atoms with Crippen molar-refractivity contribution in [3.8, 4) is 0 Å². The van der Waals surface area contributed by atoms with Gasteiger partial charge in [0.2, 0.25) is 0 Å². The number of thiocarbonyl (C=S) groups is 1. The molecule has 0 bridgehead atoms. The molecule has 0 fully saturated rings. The van der Waals surface area contributed by atoms with E-state index in [4.69, 9.17) is 0 Å². The van der Waals surface area contributed by atoms with Crippen LogP contribution in [0.1, 0.15) is 0 Å². The Bertz CT molecular complexity index is 44.9. The Kier molecular flexibility index (Phi) is 2.92. The summed E-state index contributed by atoms with van der Waals surface area (Å²) in [7, 11) is 0.179. The molecule has 0 aliphatic heterocycles. The number of hydrogen-bond acceptors (Lipinski definition) is 1. The molecule has 0 nitrogen and oxygen atoms in total. The minimum atomic E-state index is -0.384. The largest absolute Gasteiger partial charge is 0.194 e. The normalized spacial score (nSPS) is 10.0. The monoisotopic (exact) mass is 110 g/mol. The van der Waals surface area contributed by atoms with Crippen molar-refractivity contribution in [3.63, 3.8) is 0 Å². The van der Waals surface area contributed by atoms with Gasteiger partial charge in [0.25, 0.3) is 0 Å². The smallest absolute Gasteiger partial charge is 0.181 e. The fourth-order valence-electron chi connectivity index (χ4n) is 0. The van der Waals surface area contributed by atoms with Gasteiger partial charge in [-0.2, -0.15) is 4.39 Å². The van der Waals surface area contributed by atoms with Crippen LogP contribution in [-0.4, -0.2) is 11.5 Å². The van der Waals surface area contributed by atoms with E-state index < -0.39 is 0 Å². The molecule has 0 N–H and O–H groups in total. The third-order valence-electron chi connectivity index (χ3n) is 0.197. The van der Waals surface area contributed by atoms with Crippen LogP contribution in [0.25, 0.3) is 0 Å². The molecule has 0 spiro atoms. The van der Waals surface area contributed by atoms with E-state index >= 15 is 0 Å². The molecule has 1 atom stereocenters. The van der Waals surface area contributed by atoms with Gasteiger partial charge in [0, 0.05) is 0 Å². The predicted molar refractivity (Wildman–Crippen MR) is 27.9 cm³/mol.